The number of anilines is 1. The number of carbonyl (C=O) groups excluding carboxylic acids is 1. The normalized spacial score (nSPS) is 20.3. The maximum Gasteiger partial charge on any atom is 0.416 e. The lowest BCUT2D eigenvalue weighted by Gasteiger charge is -2.45. The van der Waals surface area contributed by atoms with Gasteiger partial charge in [-0.25, -0.2) is 0 Å². The van der Waals surface area contributed by atoms with Gasteiger partial charge in [-0.3, -0.25) is 4.79 Å². The Hall–Kier alpha value is -2.77. The van der Waals surface area contributed by atoms with E-state index in [0.717, 1.165) is 66.8 Å². The Morgan fingerprint density at radius 3 is 2.31 bits per heavy atom. The SMILES string of the molecule is C=C(C1=C(C)C(=O)CC12CCN(CCc1ccc(Cl)cc1)CC2)N1CCN(c2cccc(C(F)(F)F)c2)CC1. The fourth-order valence-electron chi connectivity index (χ4n) is 6.43. The molecule has 0 aromatic heterocycles. The summed E-state index contributed by atoms with van der Waals surface area (Å²) in [7, 11) is 0. The van der Waals surface area contributed by atoms with Gasteiger partial charge in [-0.15, -0.1) is 0 Å². The summed E-state index contributed by atoms with van der Waals surface area (Å²) >= 11 is 6.01. The molecular weight excluding hydrogens is 523 g/mol. The van der Waals surface area contributed by atoms with Gasteiger partial charge in [0.1, 0.15) is 0 Å². The number of benzene rings is 2. The highest BCUT2D eigenvalue weighted by Gasteiger charge is 2.47. The molecule has 0 atom stereocenters. The lowest BCUT2D eigenvalue weighted by Crippen LogP contribution is -2.47. The van der Waals surface area contributed by atoms with Gasteiger partial charge in [0.25, 0.3) is 0 Å². The third kappa shape index (κ3) is 5.90. The molecule has 2 aromatic rings. The minimum atomic E-state index is -4.36. The number of ketones is 1. The van der Waals surface area contributed by atoms with E-state index in [1.54, 1.807) is 6.07 Å². The number of hydrogen-bond donors (Lipinski definition) is 0. The van der Waals surface area contributed by atoms with Crippen LogP contribution in [0.1, 0.15) is 37.3 Å². The molecule has 0 unspecified atom stereocenters. The number of rotatable bonds is 6. The van der Waals surface area contributed by atoms with Gasteiger partial charge in [-0.1, -0.05) is 36.4 Å². The number of piperazine rings is 1. The van der Waals surface area contributed by atoms with Crippen LogP contribution >= 0.6 is 11.6 Å². The average Bonchev–Trinajstić information content (AvgIpc) is 3.17. The van der Waals surface area contributed by atoms with Crippen LogP contribution in [-0.2, 0) is 17.4 Å². The molecule has 1 aliphatic carbocycles. The minimum Gasteiger partial charge on any atom is -0.368 e. The lowest BCUT2D eigenvalue weighted by atomic mass is 9.71. The summed E-state index contributed by atoms with van der Waals surface area (Å²) in [6.07, 6.45) is -0.995. The van der Waals surface area contributed by atoms with Crippen molar-refractivity contribution in [2.75, 3.05) is 50.7 Å². The fourth-order valence-corrected chi connectivity index (χ4v) is 6.56. The van der Waals surface area contributed by atoms with Crippen LogP contribution in [0.2, 0.25) is 5.02 Å². The number of allylic oxidation sites excluding steroid dienone is 2. The van der Waals surface area contributed by atoms with Crippen LogP contribution in [0.5, 0.6) is 0 Å². The highest BCUT2D eigenvalue weighted by atomic mass is 35.5. The van der Waals surface area contributed by atoms with E-state index in [1.807, 2.05) is 24.0 Å². The molecule has 0 saturated carbocycles. The molecule has 2 heterocycles. The molecule has 0 N–H and O–H groups in total. The lowest BCUT2D eigenvalue weighted by molar-refractivity contribution is -0.137. The highest BCUT2D eigenvalue weighted by Crippen LogP contribution is 2.51. The van der Waals surface area contributed by atoms with Crippen molar-refractivity contribution in [1.82, 2.24) is 9.80 Å². The van der Waals surface area contributed by atoms with E-state index < -0.39 is 11.7 Å². The third-order valence-corrected chi connectivity index (χ3v) is 9.01. The van der Waals surface area contributed by atoms with Crippen LogP contribution in [0, 0.1) is 5.41 Å². The van der Waals surface area contributed by atoms with Gasteiger partial charge >= 0.3 is 6.18 Å². The molecule has 0 amide bonds. The van der Waals surface area contributed by atoms with Crippen LogP contribution in [0.15, 0.2) is 72.0 Å². The summed E-state index contributed by atoms with van der Waals surface area (Å²) in [4.78, 5) is 19.7. The average molecular weight is 558 g/mol. The van der Waals surface area contributed by atoms with E-state index in [-0.39, 0.29) is 11.2 Å². The van der Waals surface area contributed by atoms with Gasteiger partial charge in [0.15, 0.2) is 5.78 Å². The molecule has 4 nitrogen and oxygen atoms in total. The van der Waals surface area contributed by atoms with Crippen molar-refractivity contribution in [2.45, 2.75) is 38.8 Å². The minimum absolute atomic E-state index is 0.173. The summed E-state index contributed by atoms with van der Waals surface area (Å²) in [5, 5.41) is 0.747. The van der Waals surface area contributed by atoms with Gasteiger partial charge in [0.05, 0.1) is 5.56 Å². The summed E-state index contributed by atoms with van der Waals surface area (Å²) < 4.78 is 39.6. The first-order valence-electron chi connectivity index (χ1n) is 13.6. The number of nitrogens with zero attached hydrogens (tertiary/aromatic N) is 3. The molecule has 2 aromatic carbocycles. The molecule has 0 radical (unpaired) electrons. The maximum atomic E-state index is 13.2. The molecular formula is C31H35ClF3N3O. The Balaban J connectivity index is 1.21. The van der Waals surface area contributed by atoms with E-state index in [1.165, 1.54) is 17.7 Å². The largest absolute Gasteiger partial charge is 0.416 e. The first-order chi connectivity index (χ1) is 18.6. The van der Waals surface area contributed by atoms with Gasteiger partial charge in [-0.2, -0.15) is 13.2 Å². The predicted molar refractivity (Wildman–Crippen MR) is 150 cm³/mol. The third-order valence-electron chi connectivity index (χ3n) is 8.75. The summed E-state index contributed by atoms with van der Waals surface area (Å²) in [5.74, 6) is 0.211. The highest BCUT2D eigenvalue weighted by molar-refractivity contribution is 6.30. The van der Waals surface area contributed by atoms with Crippen LogP contribution in [0.25, 0.3) is 0 Å². The van der Waals surface area contributed by atoms with Crippen molar-refractivity contribution < 1.29 is 18.0 Å². The van der Waals surface area contributed by atoms with Crippen LogP contribution in [-0.4, -0.2) is 61.4 Å². The second-order valence-electron chi connectivity index (χ2n) is 11.1. The smallest absolute Gasteiger partial charge is 0.368 e. The second kappa shape index (κ2) is 11.0. The fraction of sp³-hybridized carbons (Fsp3) is 0.452. The van der Waals surface area contributed by atoms with Crippen molar-refractivity contribution in [3.05, 3.63) is 88.1 Å². The first-order valence-corrected chi connectivity index (χ1v) is 14.0. The molecule has 39 heavy (non-hydrogen) atoms. The zero-order chi connectivity index (χ0) is 27.8. The summed E-state index contributed by atoms with van der Waals surface area (Å²) in [6, 6.07) is 13.5. The second-order valence-corrected chi connectivity index (χ2v) is 11.5. The number of piperidine rings is 1. The van der Waals surface area contributed by atoms with E-state index in [0.29, 0.717) is 38.3 Å². The molecule has 2 fully saturated rings. The molecule has 3 aliphatic rings. The standard InChI is InChI=1S/C31H35ClF3N3O/c1-22-28(39)21-30(11-14-36(15-12-30)13-10-24-6-8-26(32)9-7-24)29(22)23(2)37-16-18-38(19-17-37)27-5-3-4-25(20-27)31(33,34)35/h3-9,20H,2,10-19,21H2,1H3. The monoisotopic (exact) mass is 557 g/mol. The van der Waals surface area contributed by atoms with E-state index in [9.17, 15) is 18.0 Å². The molecule has 1 spiro atoms. The van der Waals surface area contributed by atoms with E-state index in [2.05, 4.69) is 28.5 Å². The Morgan fingerprint density at radius 1 is 1.00 bits per heavy atom. The Labute approximate surface area is 233 Å². The number of carbonyl (C=O) groups is 1. The number of likely N-dealkylation sites (tertiary alicyclic amines) is 1. The van der Waals surface area contributed by atoms with Gasteiger partial charge in [0.2, 0.25) is 0 Å². The van der Waals surface area contributed by atoms with Gasteiger partial charge < -0.3 is 14.7 Å². The predicted octanol–water partition coefficient (Wildman–Crippen LogP) is 6.61. The quantitative estimate of drug-likeness (QED) is 0.399. The summed E-state index contributed by atoms with van der Waals surface area (Å²) in [5.41, 5.74) is 3.91. The van der Waals surface area contributed by atoms with Crippen molar-refractivity contribution in [2.24, 2.45) is 5.41 Å². The molecule has 8 heteroatoms. The Bertz CT molecular complexity index is 1250. The Kier molecular flexibility index (Phi) is 7.84. The summed E-state index contributed by atoms with van der Waals surface area (Å²) in [6.45, 7) is 11.8. The van der Waals surface area contributed by atoms with Crippen molar-refractivity contribution >= 4 is 23.1 Å². The number of halogens is 4. The van der Waals surface area contributed by atoms with E-state index >= 15 is 0 Å². The zero-order valence-electron chi connectivity index (χ0n) is 22.4. The zero-order valence-corrected chi connectivity index (χ0v) is 23.1. The number of alkyl halides is 3. The number of hydrogen-bond acceptors (Lipinski definition) is 4. The van der Waals surface area contributed by atoms with E-state index in [4.69, 9.17) is 11.6 Å². The Morgan fingerprint density at radius 2 is 1.67 bits per heavy atom. The molecule has 0 bridgehead atoms. The number of Topliss-reactive ketones (excluding diaryl/α,β-unsaturated/α-hetero) is 1. The van der Waals surface area contributed by atoms with Crippen molar-refractivity contribution in [1.29, 1.82) is 0 Å². The van der Waals surface area contributed by atoms with Crippen molar-refractivity contribution in [3.8, 4) is 0 Å². The van der Waals surface area contributed by atoms with Gasteiger partial charge in [0, 0.05) is 61.0 Å². The van der Waals surface area contributed by atoms with Crippen molar-refractivity contribution in [3.63, 3.8) is 0 Å². The van der Waals surface area contributed by atoms with Gasteiger partial charge in [-0.05, 0) is 86.3 Å². The van der Waals surface area contributed by atoms with Crippen LogP contribution in [0.3, 0.4) is 0 Å². The maximum absolute atomic E-state index is 13.2. The molecule has 5 rings (SSSR count). The topological polar surface area (TPSA) is 26.8 Å². The van der Waals surface area contributed by atoms with Crippen LogP contribution < -0.4 is 4.90 Å². The molecule has 2 saturated heterocycles. The molecule has 2 aliphatic heterocycles. The first kappa shape index (κ1) is 27.8. The molecule has 208 valence electrons. The van der Waals surface area contributed by atoms with Crippen LogP contribution in [0.4, 0.5) is 18.9 Å².